The molecule has 1 aliphatic rings. The van der Waals surface area contributed by atoms with Crippen molar-refractivity contribution in [2.45, 2.75) is 27.2 Å². The van der Waals surface area contributed by atoms with Crippen molar-refractivity contribution in [3.8, 4) is 0 Å². The molecule has 0 spiro atoms. The van der Waals surface area contributed by atoms with Gasteiger partial charge in [-0.15, -0.1) is 0 Å². The summed E-state index contributed by atoms with van der Waals surface area (Å²) in [4.78, 5) is 13.1. The summed E-state index contributed by atoms with van der Waals surface area (Å²) in [5.74, 6) is 0.474. The molecule has 1 saturated heterocycles. The molecule has 1 heterocycles. The van der Waals surface area contributed by atoms with Gasteiger partial charge in [0.1, 0.15) is 0 Å². The maximum atomic E-state index is 12.2. The second-order valence-electron chi connectivity index (χ2n) is 5.81. The third-order valence-corrected chi connectivity index (χ3v) is 4.92. The lowest BCUT2D eigenvalue weighted by atomic mass is 10.2. The Labute approximate surface area is 139 Å². The number of amides is 1. The molecule has 0 aromatic heterocycles. The molecule has 0 aliphatic carbocycles. The van der Waals surface area contributed by atoms with Crippen LogP contribution in [0.5, 0.6) is 0 Å². The van der Waals surface area contributed by atoms with E-state index in [-0.39, 0.29) is 19.2 Å². The average molecular weight is 351 g/mol. The highest BCUT2D eigenvalue weighted by atomic mass is 32.2. The summed E-state index contributed by atoms with van der Waals surface area (Å²) in [6.07, 6.45) is 0.245. The summed E-state index contributed by atoms with van der Waals surface area (Å²) in [5.41, 5.74) is 0. The monoisotopic (exact) mass is 351 g/mol. The van der Waals surface area contributed by atoms with E-state index in [1.807, 2.05) is 0 Å². The van der Waals surface area contributed by atoms with Gasteiger partial charge in [-0.1, -0.05) is 13.8 Å². The van der Waals surface area contributed by atoms with Gasteiger partial charge >= 0.3 is 6.09 Å². The number of carbonyl (C=O) groups is 1. The maximum absolute atomic E-state index is 12.2. The summed E-state index contributed by atoms with van der Waals surface area (Å²) >= 11 is 0. The fourth-order valence-electron chi connectivity index (χ4n) is 2.11. The fraction of sp³-hybridized carbons (Fsp3) is 0.929. The van der Waals surface area contributed by atoms with Crippen LogP contribution in [0.1, 0.15) is 27.2 Å². The van der Waals surface area contributed by atoms with E-state index in [9.17, 15) is 13.2 Å². The first-order valence-electron chi connectivity index (χ1n) is 8.11. The predicted molar refractivity (Wildman–Crippen MR) is 87.4 cm³/mol. The van der Waals surface area contributed by atoms with Crippen LogP contribution in [-0.4, -0.2) is 76.3 Å². The Morgan fingerprint density at radius 3 is 2.43 bits per heavy atom. The summed E-state index contributed by atoms with van der Waals surface area (Å²) in [7, 11) is -3.50. The van der Waals surface area contributed by atoms with E-state index in [0.717, 1.165) is 0 Å². The Morgan fingerprint density at radius 2 is 1.87 bits per heavy atom. The number of carbonyl (C=O) groups excluding carboxylic acids is 1. The molecule has 1 N–H and O–H groups in total. The van der Waals surface area contributed by atoms with Crippen LogP contribution in [-0.2, 0) is 19.7 Å². The highest BCUT2D eigenvalue weighted by Crippen LogP contribution is 2.07. The number of nitrogens with one attached hydrogen (secondary N) is 1. The van der Waals surface area contributed by atoms with Crippen LogP contribution in [0.2, 0.25) is 0 Å². The minimum absolute atomic E-state index is 0.276. The van der Waals surface area contributed by atoms with E-state index in [0.29, 0.717) is 51.8 Å². The highest BCUT2D eigenvalue weighted by Gasteiger charge is 2.28. The normalized spacial score (nSPS) is 16.8. The molecule has 0 saturated carbocycles. The second kappa shape index (κ2) is 10.1. The molecule has 1 amide bonds. The molecular weight excluding hydrogens is 322 g/mol. The van der Waals surface area contributed by atoms with E-state index in [1.54, 1.807) is 6.92 Å². The second-order valence-corrected chi connectivity index (χ2v) is 7.56. The molecule has 0 unspecified atom stereocenters. The zero-order valence-electron chi connectivity index (χ0n) is 14.3. The van der Waals surface area contributed by atoms with Gasteiger partial charge in [0.05, 0.1) is 6.61 Å². The number of nitrogens with zero attached hydrogens (tertiary/aromatic N) is 2. The summed E-state index contributed by atoms with van der Waals surface area (Å²) in [5, 5.41) is 0. The van der Waals surface area contributed by atoms with Crippen molar-refractivity contribution in [1.82, 2.24) is 13.9 Å². The minimum atomic E-state index is -3.50. The molecule has 9 heteroatoms. The molecule has 1 rings (SSSR count). The summed E-state index contributed by atoms with van der Waals surface area (Å²) < 4.78 is 38.6. The van der Waals surface area contributed by atoms with Crippen LogP contribution < -0.4 is 4.72 Å². The summed E-state index contributed by atoms with van der Waals surface area (Å²) in [6, 6.07) is 0. The third-order valence-electron chi connectivity index (χ3n) is 3.31. The average Bonchev–Trinajstić information content (AvgIpc) is 2.51. The van der Waals surface area contributed by atoms with Crippen molar-refractivity contribution in [1.29, 1.82) is 0 Å². The zero-order valence-corrected chi connectivity index (χ0v) is 15.1. The number of hydrogen-bond acceptors (Lipinski definition) is 5. The van der Waals surface area contributed by atoms with Gasteiger partial charge < -0.3 is 14.4 Å². The molecule has 136 valence electrons. The lowest BCUT2D eigenvalue weighted by Gasteiger charge is -2.33. The molecule has 0 atom stereocenters. The van der Waals surface area contributed by atoms with Crippen LogP contribution >= 0.6 is 0 Å². The van der Waals surface area contributed by atoms with Gasteiger partial charge in [0.25, 0.3) is 10.2 Å². The number of hydrogen-bond donors (Lipinski definition) is 1. The Morgan fingerprint density at radius 1 is 1.22 bits per heavy atom. The van der Waals surface area contributed by atoms with Crippen LogP contribution in [0.15, 0.2) is 0 Å². The lowest BCUT2D eigenvalue weighted by Crippen LogP contribution is -2.53. The molecule has 0 aromatic carbocycles. The van der Waals surface area contributed by atoms with Crippen LogP contribution in [0.3, 0.4) is 0 Å². The van der Waals surface area contributed by atoms with Gasteiger partial charge in [-0.3, -0.25) is 0 Å². The lowest BCUT2D eigenvalue weighted by molar-refractivity contribution is 0.0931. The molecule has 23 heavy (non-hydrogen) atoms. The van der Waals surface area contributed by atoms with Crippen LogP contribution in [0, 0.1) is 5.92 Å². The van der Waals surface area contributed by atoms with Crippen molar-refractivity contribution < 1.29 is 22.7 Å². The number of rotatable bonds is 9. The van der Waals surface area contributed by atoms with Crippen molar-refractivity contribution in [2.24, 2.45) is 5.92 Å². The topological polar surface area (TPSA) is 88.2 Å². The Kier molecular flexibility index (Phi) is 8.82. The van der Waals surface area contributed by atoms with Gasteiger partial charge in [-0.05, 0) is 19.3 Å². The molecule has 1 fully saturated rings. The Balaban J connectivity index is 2.26. The molecule has 0 bridgehead atoms. The van der Waals surface area contributed by atoms with Crippen molar-refractivity contribution >= 4 is 16.3 Å². The van der Waals surface area contributed by atoms with E-state index in [2.05, 4.69) is 18.6 Å². The molecular formula is C14H29N3O5S. The number of piperazine rings is 1. The molecule has 8 nitrogen and oxygen atoms in total. The van der Waals surface area contributed by atoms with Gasteiger partial charge in [0, 0.05) is 45.9 Å². The smallest absolute Gasteiger partial charge is 0.409 e. The molecule has 1 aliphatic heterocycles. The van der Waals surface area contributed by atoms with Gasteiger partial charge in [0.15, 0.2) is 0 Å². The highest BCUT2D eigenvalue weighted by molar-refractivity contribution is 7.87. The first-order chi connectivity index (χ1) is 10.9. The number of ether oxygens (including phenoxy) is 2. The van der Waals surface area contributed by atoms with Crippen LogP contribution in [0.4, 0.5) is 4.79 Å². The van der Waals surface area contributed by atoms with E-state index in [4.69, 9.17) is 9.47 Å². The van der Waals surface area contributed by atoms with E-state index < -0.39 is 10.2 Å². The first kappa shape index (κ1) is 20.1. The largest absolute Gasteiger partial charge is 0.450 e. The minimum Gasteiger partial charge on any atom is -0.450 e. The third kappa shape index (κ3) is 7.47. The Hall–Kier alpha value is -0.900. The predicted octanol–water partition coefficient (Wildman–Crippen LogP) is 0.658. The van der Waals surface area contributed by atoms with Crippen molar-refractivity contribution in [3.63, 3.8) is 0 Å². The van der Waals surface area contributed by atoms with Crippen molar-refractivity contribution in [3.05, 3.63) is 0 Å². The van der Waals surface area contributed by atoms with E-state index in [1.165, 1.54) is 9.21 Å². The van der Waals surface area contributed by atoms with Gasteiger partial charge in [-0.25, -0.2) is 9.52 Å². The van der Waals surface area contributed by atoms with Gasteiger partial charge in [-0.2, -0.15) is 12.7 Å². The molecule has 0 aromatic rings. The van der Waals surface area contributed by atoms with Crippen LogP contribution in [0.25, 0.3) is 0 Å². The quantitative estimate of drug-likeness (QED) is 0.617. The van der Waals surface area contributed by atoms with E-state index >= 15 is 0 Å². The zero-order chi connectivity index (χ0) is 17.3. The SMILES string of the molecule is CCOC(=O)N1CCN(S(=O)(=O)NCCCOCC(C)C)CC1. The summed E-state index contributed by atoms with van der Waals surface area (Å²) in [6.45, 7) is 9.01. The fourth-order valence-corrected chi connectivity index (χ4v) is 3.34. The standard InChI is InChI=1S/C14H29N3O5S/c1-4-22-14(18)16-7-9-17(10-8-16)23(19,20)15-6-5-11-21-12-13(2)3/h13,15H,4-12H2,1-3H3. The van der Waals surface area contributed by atoms with Crippen molar-refractivity contribution in [2.75, 3.05) is 52.5 Å². The maximum Gasteiger partial charge on any atom is 0.409 e. The first-order valence-corrected chi connectivity index (χ1v) is 9.55. The van der Waals surface area contributed by atoms with Gasteiger partial charge in [0.2, 0.25) is 0 Å². The Bertz CT molecular complexity index is 447. The molecule has 0 radical (unpaired) electrons.